The summed E-state index contributed by atoms with van der Waals surface area (Å²) in [5.41, 5.74) is 5.45. The first-order chi connectivity index (χ1) is 9.54. The SMILES string of the molecule is CC1CC(C(=O)N2CCC[C@H]3CCCC[C@H]32)(C(N)=S)C1. The van der Waals surface area contributed by atoms with E-state index in [0.717, 1.165) is 31.7 Å². The van der Waals surface area contributed by atoms with E-state index in [4.69, 9.17) is 18.0 Å². The number of rotatable bonds is 2. The number of fused-ring (bicyclic) bond motifs is 1. The Morgan fingerprint density at radius 2 is 1.85 bits per heavy atom. The van der Waals surface area contributed by atoms with E-state index in [9.17, 15) is 4.79 Å². The number of hydrogen-bond acceptors (Lipinski definition) is 2. The standard InChI is InChI=1S/C16H26N2OS/c1-11-9-16(10-11,14(17)20)15(19)18-8-4-6-12-5-2-3-7-13(12)18/h11-13H,2-10H2,1H3,(H2,17,20)/t11?,12-,13-,16?/m1/s1. The Morgan fingerprint density at radius 3 is 2.50 bits per heavy atom. The Balaban J connectivity index is 1.80. The van der Waals surface area contributed by atoms with Crippen molar-refractivity contribution in [2.24, 2.45) is 23.0 Å². The van der Waals surface area contributed by atoms with Gasteiger partial charge in [-0.3, -0.25) is 4.79 Å². The van der Waals surface area contributed by atoms with Crippen LogP contribution in [0.25, 0.3) is 0 Å². The molecule has 0 aromatic rings. The number of carbonyl (C=O) groups is 1. The van der Waals surface area contributed by atoms with Gasteiger partial charge in [0, 0.05) is 12.6 Å². The number of nitrogens with two attached hydrogens (primary N) is 1. The van der Waals surface area contributed by atoms with Gasteiger partial charge in [-0.1, -0.05) is 32.0 Å². The van der Waals surface area contributed by atoms with Gasteiger partial charge in [0.1, 0.15) is 0 Å². The molecule has 3 aliphatic rings. The normalized spacial score (nSPS) is 40.6. The predicted octanol–water partition coefficient (Wildman–Crippen LogP) is 2.87. The molecule has 3 rings (SSSR count). The van der Waals surface area contributed by atoms with E-state index < -0.39 is 5.41 Å². The maximum Gasteiger partial charge on any atom is 0.235 e. The molecule has 4 heteroatoms. The van der Waals surface area contributed by atoms with Gasteiger partial charge in [-0.2, -0.15) is 0 Å². The van der Waals surface area contributed by atoms with Gasteiger partial charge in [-0.15, -0.1) is 0 Å². The van der Waals surface area contributed by atoms with Gasteiger partial charge in [0.25, 0.3) is 0 Å². The van der Waals surface area contributed by atoms with Crippen molar-refractivity contribution in [3.05, 3.63) is 0 Å². The minimum Gasteiger partial charge on any atom is -0.392 e. The third-order valence-electron chi connectivity index (χ3n) is 5.78. The minimum atomic E-state index is -0.506. The summed E-state index contributed by atoms with van der Waals surface area (Å²) >= 11 is 5.26. The van der Waals surface area contributed by atoms with Crippen molar-refractivity contribution in [1.29, 1.82) is 0 Å². The van der Waals surface area contributed by atoms with Crippen LogP contribution in [-0.2, 0) is 4.79 Å². The first-order valence-corrected chi connectivity index (χ1v) is 8.56. The molecular formula is C16H26N2OS. The smallest absolute Gasteiger partial charge is 0.235 e. The van der Waals surface area contributed by atoms with Crippen LogP contribution in [0.15, 0.2) is 0 Å². The van der Waals surface area contributed by atoms with Crippen LogP contribution < -0.4 is 5.73 Å². The summed E-state index contributed by atoms with van der Waals surface area (Å²) in [5, 5.41) is 0. The topological polar surface area (TPSA) is 46.3 Å². The van der Waals surface area contributed by atoms with Crippen molar-refractivity contribution in [2.75, 3.05) is 6.54 Å². The summed E-state index contributed by atoms with van der Waals surface area (Å²) in [4.78, 5) is 15.7. The number of carbonyl (C=O) groups excluding carboxylic acids is 1. The Labute approximate surface area is 127 Å². The van der Waals surface area contributed by atoms with E-state index in [0.29, 0.717) is 16.9 Å². The number of nitrogens with zero attached hydrogens (tertiary/aromatic N) is 1. The molecular weight excluding hydrogens is 268 g/mol. The van der Waals surface area contributed by atoms with Gasteiger partial charge in [0.05, 0.1) is 10.4 Å². The molecule has 0 aromatic carbocycles. The Hall–Kier alpha value is -0.640. The molecule has 20 heavy (non-hydrogen) atoms. The van der Waals surface area contributed by atoms with Crippen molar-refractivity contribution in [3.8, 4) is 0 Å². The summed E-state index contributed by atoms with van der Waals surface area (Å²) < 4.78 is 0. The molecule has 2 atom stereocenters. The number of amides is 1. The Bertz CT molecular complexity index is 415. The minimum absolute atomic E-state index is 0.250. The molecule has 2 saturated carbocycles. The van der Waals surface area contributed by atoms with Gasteiger partial charge < -0.3 is 10.6 Å². The molecule has 1 amide bonds. The highest BCUT2D eigenvalue weighted by Gasteiger charge is 2.54. The van der Waals surface area contributed by atoms with E-state index in [2.05, 4.69) is 11.8 Å². The largest absolute Gasteiger partial charge is 0.392 e. The van der Waals surface area contributed by atoms with Crippen molar-refractivity contribution >= 4 is 23.1 Å². The first-order valence-electron chi connectivity index (χ1n) is 8.15. The second-order valence-electron chi connectivity index (χ2n) is 7.21. The zero-order chi connectivity index (χ0) is 14.3. The molecule has 2 aliphatic carbocycles. The average Bonchev–Trinajstić information content (AvgIpc) is 2.42. The van der Waals surface area contributed by atoms with Crippen molar-refractivity contribution < 1.29 is 4.79 Å². The molecule has 112 valence electrons. The quantitative estimate of drug-likeness (QED) is 0.797. The monoisotopic (exact) mass is 294 g/mol. The molecule has 0 bridgehead atoms. The van der Waals surface area contributed by atoms with Crippen molar-refractivity contribution in [2.45, 2.75) is 64.3 Å². The molecule has 0 unspecified atom stereocenters. The molecule has 0 radical (unpaired) electrons. The zero-order valence-corrected chi connectivity index (χ0v) is 13.3. The third kappa shape index (κ3) is 2.16. The average molecular weight is 294 g/mol. The molecule has 0 spiro atoms. The fourth-order valence-electron chi connectivity index (χ4n) is 4.76. The van der Waals surface area contributed by atoms with Gasteiger partial charge in [-0.05, 0) is 50.4 Å². The third-order valence-corrected chi connectivity index (χ3v) is 6.17. The van der Waals surface area contributed by atoms with Gasteiger partial charge >= 0.3 is 0 Å². The summed E-state index contributed by atoms with van der Waals surface area (Å²) in [6.07, 6.45) is 9.23. The second kappa shape index (κ2) is 5.28. The van der Waals surface area contributed by atoms with E-state index in [1.165, 1.54) is 32.1 Å². The summed E-state index contributed by atoms with van der Waals surface area (Å²) in [5.74, 6) is 1.55. The number of hydrogen-bond donors (Lipinski definition) is 1. The summed E-state index contributed by atoms with van der Waals surface area (Å²) in [6.45, 7) is 3.10. The maximum absolute atomic E-state index is 13.1. The van der Waals surface area contributed by atoms with Crippen LogP contribution in [0.2, 0.25) is 0 Å². The number of thiocarbonyl (C=S) groups is 1. The molecule has 3 fully saturated rings. The molecule has 3 nitrogen and oxygen atoms in total. The van der Waals surface area contributed by atoms with Crippen LogP contribution >= 0.6 is 12.2 Å². The Morgan fingerprint density at radius 1 is 1.20 bits per heavy atom. The van der Waals surface area contributed by atoms with Crippen LogP contribution in [0, 0.1) is 17.3 Å². The fourth-order valence-corrected chi connectivity index (χ4v) is 5.02. The van der Waals surface area contributed by atoms with E-state index >= 15 is 0 Å². The zero-order valence-electron chi connectivity index (χ0n) is 12.4. The van der Waals surface area contributed by atoms with E-state index in [1.54, 1.807) is 0 Å². The molecule has 1 heterocycles. The van der Waals surface area contributed by atoms with Crippen molar-refractivity contribution in [3.63, 3.8) is 0 Å². The van der Waals surface area contributed by atoms with Crippen LogP contribution in [0.4, 0.5) is 0 Å². The first kappa shape index (κ1) is 14.3. The van der Waals surface area contributed by atoms with Crippen LogP contribution in [0.1, 0.15) is 58.3 Å². The lowest BCUT2D eigenvalue weighted by Crippen LogP contribution is -2.61. The van der Waals surface area contributed by atoms with Crippen LogP contribution in [-0.4, -0.2) is 28.4 Å². The number of piperidine rings is 1. The van der Waals surface area contributed by atoms with E-state index in [1.807, 2.05) is 0 Å². The lowest BCUT2D eigenvalue weighted by Gasteiger charge is -2.51. The highest BCUT2D eigenvalue weighted by Crippen LogP contribution is 2.49. The van der Waals surface area contributed by atoms with Crippen LogP contribution in [0.5, 0.6) is 0 Å². The second-order valence-corrected chi connectivity index (χ2v) is 7.65. The predicted molar refractivity (Wildman–Crippen MR) is 84.3 cm³/mol. The molecule has 1 saturated heterocycles. The number of likely N-dealkylation sites (tertiary alicyclic amines) is 1. The molecule has 0 aromatic heterocycles. The van der Waals surface area contributed by atoms with Gasteiger partial charge in [0.2, 0.25) is 5.91 Å². The van der Waals surface area contributed by atoms with Crippen LogP contribution in [0.3, 0.4) is 0 Å². The maximum atomic E-state index is 13.1. The highest BCUT2D eigenvalue weighted by molar-refractivity contribution is 7.80. The van der Waals surface area contributed by atoms with Crippen molar-refractivity contribution in [1.82, 2.24) is 4.90 Å². The lowest BCUT2D eigenvalue weighted by molar-refractivity contribution is -0.150. The van der Waals surface area contributed by atoms with E-state index in [-0.39, 0.29) is 5.91 Å². The molecule has 2 N–H and O–H groups in total. The van der Waals surface area contributed by atoms with Gasteiger partial charge in [0.15, 0.2) is 0 Å². The summed E-state index contributed by atoms with van der Waals surface area (Å²) in [6, 6.07) is 0.465. The molecule has 1 aliphatic heterocycles. The van der Waals surface area contributed by atoms with Gasteiger partial charge in [-0.25, -0.2) is 0 Å². The lowest BCUT2D eigenvalue weighted by atomic mass is 9.61. The summed E-state index contributed by atoms with van der Waals surface area (Å²) in [7, 11) is 0. The Kier molecular flexibility index (Phi) is 3.78. The highest BCUT2D eigenvalue weighted by atomic mass is 32.1. The fraction of sp³-hybridized carbons (Fsp3) is 0.875.